The number of nitrogens with two attached hydrogens (primary N) is 1. The molecule has 0 aliphatic rings. The quantitative estimate of drug-likeness (QED) is 0.738. The van der Waals surface area contributed by atoms with Gasteiger partial charge in [-0.3, -0.25) is 4.98 Å². The van der Waals surface area contributed by atoms with E-state index in [1.807, 2.05) is 18.2 Å². The number of nitrogens with zero attached hydrogens (tertiary/aromatic N) is 1. The third kappa shape index (κ3) is 3.64. The highest BCUT2D eigenvalue weighted by Crippen LogP contribution is 2.20. The van der Waals surface area contributed by atoms with Crippen LogP contribution in [0.15, 0.2) is 70.4 Å². The van der Waals surface area contributed by atoms with Crippen LogP contribution in [0.4, 0.5) is 0 Å². The maximum atomic E-state index is 10.9. The summed E-state index contributed by atoms with van der Waals surface area (Å²) in [4.78, 5) is 3.78. The van der Waals surface area contributed by atoms with Crippen LogP contribution in [0.1, 0.15) is 0 Å². The fourth-order valence-electron chi connectivity index (χ4n) is 1.41. The maximum Gasteiger partial charge on any atom is 0.271 e. The fraction of sp³-hybridized carbons (Fsp3) is 0. The molecule has 0 atom stereocenters. The first-order chi connectivity index (χ1) is 9.07. The van der Waals surface area contributed by atoms with E-state index in [9.17, 15) is 8.42 Å². The van der Waals surface area contributed by atoms with E-state index >= 15 is 0 Å². The second kappa shape index (κ2) is 5.64. The molecule has 2 N–H and O–H groups in total. The Balaban J connectivity index is 0.000000186. The first-order valence-corrected chi connectivity index (χ1v) is 6.98. The lowest BCUT2D eigenvalue weighted by Crippen LogP contribution is -2.10. The molecule has 98 valence electrons. The zero-order chi connectivity index (χ0) is 13.7. The number of hydrogen-bond donors (Lipinski definition) is 1. The largest absolute Gasteiger partial charge is 0.443 e. The number of furan rings is 1. The Morgan fingerprint density at radius 3 is 2.16 bits per heavy atom. The normalized spacial score (nSPS) is 10.8. The van der Waals surface area contributed by atoms with Crippen molar-refractivity contribution < 1.29 is 12.8 Å². The molecule has 1 aromatic carbocycles. The Morgan fingerprint density at radius 2 is 1.68 bits per heavy atom. The van der Waals surface area contributed by atoms with Gasteiger partial charge in [-0.15, -0.1) is 0 Å². The van der Waals surface area contributed by atoms with Crippen molar-refractivity contribution in [3.05, 3.63) is 60.9 Å². The molecule has 0 saturated heterocycles. The van der Waals surface area contributed by atoms with Gasteiger partial charge in [0.1, 0.15) is 5.58 Å². The number of para-hydroxylation sites is 1. The summed E-state index contributed by atoms with van der Waals surface area (Å²) in [6, 6.07) is 14.1. The molecule has 0 amide bonds. The number of pyridine rings is 1. The molecule has 0 aliphatic carbocycles. The van der Waals surface area contributed by atoms with Crippen LogP contribution in [0, 0.1) is 0 Å². The van der Waals surface area contributed by atoms with Crippen LogP contribution in [0.25, 0.3) is 11.0 Å². The van der Waals surface area contributed by atoms with Crippen molar-refractivity contribution in [2.75, 3.05) is 0 Å². The molecular formula is C13H12N2O3S. The van der Waals surface area contributed by atoms with Crippen molar-refractivity contribution in [2.24, 2.45) is 5.14 Å². The van der Waals surface area contributed by atoms with Gasteiger partial charge in [0.25, 0.3) is 10.0 Å². The maximum absolute atomic E-state index is 10.9. The summed E-state index contributed by atoms with van der Waals surface area (Å²) in [5, 5.41) is 5.43. The van der Waals surface area contributed by atoms with E-state index in [1.165, 1.54) is 6.07 Å². The number of primary sulfonamides is 1. The van der Waals surface area contributed by atoms with Crippen molar-refractivity contribution in [2.45, 2.75) is 5.09 Å². The molecule has 6 heteroatoms. The molecule has 3 aromatic rings. The summed E-state index contributed by atoms with van der Waals surface area (Å²) in [6.07, 6.45) is 3.50. The number of aromatic nitrogens is 1. The second-order valence-corrected chi connectivity index (χ2v) is 5.17. The molecule has 2 heterocycles. The van der Waals surface area contributed by atoms with Crippen LogP contribution in [-0.2, 0) is 10.0 Å². The summed E-state index contributed by atoms with van der Waals surface area (Å²) in [5.74, 6) is 0. The van der Waals surface area contributed by atoms with Crippen LogP contribution < -0.4 is 5.14 Å². The van der Waals surface area contributed by atoms with Gasteiger partial charge in [-0.2, -0.15) is 0 Å². The van der Waals surface area contributed by atoms with Crippen molar-refractivity contribution in [3.63, 3.8) is 0 Å². The van der Waals surface area contributed by atoms with E-state index in [4.69, 9.17) is 9.56 Å². The molecule has 0 radical (unpaired) electrons. The number of benzene rings is 1. The lowest BCUT2D eigenvalue weighted by Gasteiger charge is -1.87. The third-order valence-corrected chi connectivity index (χ3v) is 3.01. The molecule has 5 nitrogen and oxygen atoms in total. The highest BCUT2D eigenvalue weighted by Gasteiger charge is 2.13. The monoisotopic (exact) mass is 276 g/mol. The van der Waals surface area contributed by atoms with E-state index in [-0.39, 0.29) is 5.09 Å². The van der Waals surface area contributed by atoms with Gasteiger partial charge in [-0.1, -0.05) is 24.3 Å². The van der Waals surface area contributed by atoms with Crippen LogP contribution in [-0.4, -0.2) is 13.4 Å². The van der Waals surface area contributed by atoms with Crippen LogP contribution in [0.3, 0.4) is 0 Å². The average Bonchev–Trinajstić information content (AvgIpc) is 2.85. The number of sulfonamides is 1. The molecule has 0 unspecified atom stereocenters. The first kappa shape index (κ1) is 13.3. The van der Waals surface area contributed by atoms with Gasteiger partial charge < -0.3 is 4.42 Å². The molecule has 0 spiro atoms. The Hall–Kier alpha value is -2.18. The molecule has 0 bridgehead atoms. The lowest BCUT2D eigenvalue weighted by atomic mass is 10.3. The average molecular weight is 276 g/mol. The van der Waals surface area contributed by atoms with Gasteiger partial charge in [0.2, 0.25) is 5.09 Å². The summed E-state index contributed by atoms with van der Waals surface area (Å²) >= 11 is 0. The minimum atomic E-state index is -3.73. The Morgan fingerprint density at radius 1 is 1.00 bits per heavy atom. The highest BCUT2D eigenvalue weighted by atomic mass is 32.2. The third-order valence-electron chi connectivity index (χ3n) is 2.25. The summed E-state index contributed by atoms with van der Waals surface area (Å²) in [7, 11) is -3.73. The minimum absolute atomic E-state index is 0.200. The Labute approximate surface area is 110 Å². The zero-order valence-electron chi connectivity index (χ0n) is 9.93. The van der Waals surface area contributed by atoms with Gasteiger partial charge in [-0.05, 0) is 18.2 Å². The smallest absolute Gasteiger partial charge is 0.271 e. The molecule has 0 aliphatic heterocycles. The fourth-order valence-corrected chi connectivity index (χ4v) is 1.91. The van der Waals surface area contributed by atoms with Crippen LogP contribution >= 0.6 is 0 Å². The van der Waals surface area contributed by atoms with Crippen LogP contribution in [0.2, 0.25) is 0 Å². The zero-order valence-corrected chi connectivity index (χ0v) is 10.7. The van der Waals surface area contributed by atoms with Gasteiger partial charge in [0.05, 0.1) is 0 Å². The Bertz CT molecular complexity index is 692. The first-order valence-electron chi connectivity index (χ1n) is 5.44. The minimum Gasteiger partial charge on any atom is -0.443 e. The van der Waals surface area contributed by atoms with Gasteiger partial charge >= 0.3 is 0 Å². The van der Waals surface area contributed by atoms with E-state index in [1.54, 1.807) is 36.7 Å². The lowest BCUT2D eigenvalue weighted by molar-refractivity contribution is 0.482. The van der Waals surface area contributed by atoms with Gasteiger partial charge in [-0.25, -0.2) is 13.6 Å². The molecule has 19 heavy (non-hydrogen) atoms. The van der Waals surface area contributed by atoms with E-state index in [2.05, 4.69) is 4.98 Å². The number of rotatable bonds is 1. The predicted molar refractivity (Wildman–Crippen MR) is 71.8 cm³/mol. The standard InChI is InChI=1S/C8H7NO3S.C5H5N/c9-13(10,11)8-5-6-3-1-2-4-7(6)12-8;1-2-4-6-5-3-1/h1-5H,(H2,9,10,11);1-5H. The molecule has 0 fully saturated rings. The van der Waals surface area contributed by atoms with Gasteiger partial charge in [0.15, 0.2) is 0 Å². The van der Waals surface area contributed by atoms with E-state index in [0.29, 0.717) is 5.58 Å². The molecular weight excluding hydrogens is 264 g/mol. The summed E-state index contributed by atoms with van der Waals surface area (Å²) in [5.41, 5.74) is 0.520. The van der Waals surface area contributed by atoms with E-state index in [0.717, 1.165) is 5.39 Å². The predicted octanol–water partition coefficient (Wildman–Crippen LogP) is 2.16. The topological polar surface area (TPSA) is 86.2 Å². The van der Waals surface area contributed by atoms with Gasteiger partial charge in [0, 0.05) is 23.8 Å². The number of hydrogen-bond acceptors (Lipinski definition) is 4. The van der Waals surface area contributed by atoms with E-state index < -0.39 is 10.0 Å². The number of fused-ring (bicyclic) bond motifs is 1. The highest BCUT2D eigenvalue weighted by molar-refractivity contribution is 7.89. The van der Waals surface area contributed by atoms with Crippen LogP contribution in [0.5, 0.6) is 0 Å². The summed E-state index contributed by atoms with van der Waals surface area (Å²) in [6.45, 7) is 0. The molecule has 2 aromatic heterocycles. The Kier molecular flexibility index (Phi) is 3.94. The second-order valence-electron chi connectivity index (χ2n) is 3.67. The van der Waals surface area contributed by atoms with Crippen molar-refractivity contribution in [1.29, 1.82) is 0 Å². The summed E-state index contributed by atoms with van der Waals surface area (Å²) < 4.78 is 26.8. The van der Waals surface area contributed by atoms with Crippen molar-refractivity contribution >= 4 is 21.0 Å². The molecule has 0 saturated carbocycles. The van der Waals surface area contributed by atoms with Crippen molar-refractivity contribution in [1.82, 2.24) is 4.98 Å². The van der Waals surface area contributed by atoms with Crippen molar-refractivity contribution in [3.8, 4) is 0 Å². The molecule has 3 rings (SSSR count). The SMILES string of the molecule is NS(=O)(=O)c1cc2ccccc2o1.c1ccncc1.